The fraction of sp³-hybridized carbons (Fsp3) is 0.286. The van der Waals surface area contributed by atoms with Gasteiger partial charge in [-0.2, -0.15) is 0 Å². The number of carbonyl (C=O) groups excluding carboxylic acids is 2. The number of fused-ring (bicyclic) bond motifs is 1. The van der Waals surface area contributed by atoms with Gasteiger partial charge in [-0.15, -0.1) is 0 Å². The van der Waals surface area contributed by atoms with Crippen LogP contribution in [-0.4, -0.2) is 39.1 Å². The average molecular weight is 490 g/mol. The minimum absolute atomic E-state index is 0.0201. The van der Waals surface area contributed by atoms with E-state index in [1.54, 1.807) is 0 Å². The van der Waals surface area contributed by atoms with E-state index in [1.165, 1.54) is 17.9 Å². The van der Waals surface area contributed by atoms with Gasteiger partial charge in [-0.1, -0.05) is 103 Å². The highest BCUT2D eigenvalue weighted by molar-refractivity contribution is 6.92. The van der Waals surface area contributed by atoms with Crippen LogP contribution in [-0.2, 0) is 25.9 Å². The molecule has 3 aromatic carbocycles. The number of alkyl carbamates (subject to hydrolysis) is 1. The van der Waals surface area contributed by atoms with Gasteiger partial charge in [0.05, 0.1) is 25.7 Å². The van der Waals surface area contributed by atoms with Crippen LogP contribution in [0.2, 0.25) is 0 Å². The van der Waals surface area contributed by atoms with Gasteiger partial charge >= 0.3 is 12.1 Å². The van der Waals surface area contributed by atoms with Crippen molar-refractivity contribution < 1.29 is 24.2 Å². The van der Waals surface area contributed by atoms with Crippen molar-refractivity contribution in [3.8, 4) is 0 Å². The molecule has 0 aliphatic carbocycles. The molecule has 0 spiro atoms. The summed E-state index contributed by atoms with van der Waals surface area (Å²) in [7, 11) is -0.370. The summed E-state index contributed by atoms with van der Waals surface area (Å²) in [6.45, 7) is 4.59. The van der Waals surface area contributed by atoms with Crippen molar-refractivity contribution in [1.82, 2.24) is 5.32 Å². The zero-order chi connectivity index (χ0) is 25.0. The molecule has 7 heteroatoms. The third kappa shape index (κ3) is 5.16. The molecule has 1 amide bonds. The summed E-state index contributed by atoms with van der Waals surface area (Å²) >= 11 is 0. The second-order valence-electron chi connectivity index (χ2n) is 9.41. The second-order valence-corrected chi connectivity index (χ2v) is 13.0. The fourth-order valence-corrected chi connectivity index (χ4v) is 9.25. The summed E-state index contributed by atoms with van der Waals surface area (Å²) in [4.78, 5) is 24.8. The molecule has 0 bridgehead atoms. The van der Waals surface area contributed by atoms with Crippen molar-refractivity contribution in [3.05, 3.63) is 95.6 Å². The number of hydrogen-bond acceptors (Lipinski definition) is 5. The van der Waals surface area contributed by atoms with Gasteiger partial charge in [-0.05, 0) is 21.7 Å². The van der Waals surface area contributed by atoms with E-state index in [2.05, 4.69) is 49.5 Å². The molecule has 6 nitrogen and oxygen atoms in total. The third-order valence-corrected chi connectivity index (χ3v) is 10.9. The first-order valence-electron chi connectivity index (χ1n) is 11.7. The van der Waals surface area contributed by atoms with Gasteiger partial charge in [-0.25, -0.2) is 4.79 Å². The van der Waals surface area contributed by atoms with E-state index >= 15 is 0 Å². The van der Waals surface area contributed by atoms with Crippen LogP contribution < -0.4 is 15.7 Å². The number of ether oxygens (including phenoxy) is 2. The van der Waals surface area contributed by atoms with E-state index in [-0.39, 0.29) is 18.1 Å². The van der Waals surface area contributed by atoms with E-state index < -0.39 is 33.0 Å². The van der Waals surface area contributed by atoms with Gasteiger partial charge in [-0.3, -0.25) is 4.79 Å². The molecule has 3 atom stereocenters. The zero-order valence-electron chi connectivity index (χ0n) is 20.2. The van der Waals surface area contributed by atoms with E-state index in [1.807, 2.05) is 48.5 Å². The molecule has 0 saturated heterocycles. The molecule has 35 heavy (non-hydrogen) atoms. The lowest BCUT2D eigenvalue weighted by Gasteiger charge is -2.47. The first-order chi connectivity index (χ1) is 16.8. The molecule has 1 aliphatic rings. The fourth-order valence-electron chi connectivity index (χ4n) is 5.04. The van der Waals surface area contributed by atoms with Crippen molar-refractivity contribution in [2.24, 2.45) is 0 Å². The SMILES string of the molecule is COC(=O)CC(NC(=O)OCc1ccccc1)C(O)c1ccccc1[SiH]1c2ccccc2C1(C)C. The Hall–Kier alpha value is -3.42. The van der Waals surface area contributed by atoms with Crippen LogP contribution in [0.15, 0.2) is 78.9 Å². The van der Waals surface area contributed by atoms with Crippen molar-refractivity contribution in [2.45, 2.75) is 44.1 Å². The van der Waals surface area contributed by atoms with E-state index in [0.29, 0.717) is 0 Å². The van der Waals surface area contributed by atoms with Crippen LogP contribution in [0.3, 0.4) is 0 Å². The zero-order valence-corrected chi connectivity index (χ0v) is 21.4. The Morgan fingerprint density at radius 3 is 2.29 bits per heavy atom. The van der Waals surface area contributed by atoms with Crippen molar-refractivity contribution in [1.29, 1.82) is 0 Å². The molecule has 0 radical (unpaired) electrons. The number of carbonyl (C=O) groups is 2. The summed E-state index contributed by atoms with van der Waals surface area (Å²) in [6.07, 6.45) is -1.99. The minimum Gasteiger partial charge on any atom is -0.469 e. The number of esters is 1. The number of rotatable bonds is 8. The van der Waals surface area contributed by atoms with Crippen LogP contribution >= 0.6 is 0 Å². The molecule has 1 heterocycles. The number of benzene rings is 3. The van der Waals surface area contributed by atoms with Gasteiger partial charge in [0, 0.05) is 0 Å². The molecule has 3 unspecified atom stereocenters. The van der Waals surface area contributed by atoms with Crippen molar-refractivity contribution in [3.63, 3.8) is 0 Å². The lowest BCUT2D eigenvalue weighted by Crippen LogP contribution is -2.68. The summed E-state index contributed by atoms with van der Waals surface area (Å²) in [5.41, 5.74) is 2.91. The number of amides is 1. The van der Waals surface area contributed by atoms with E-state index in [9.17, 15) is 14.7 Å². The van der Waals surface area contributed by atoms with Gasteiger partial charge in [0.2, 0.25) is 0 Å². The van der Waals surface area contributed by atoms with Gasteiger partial charge in [0.1, 0.15) is 15.4 Å². The quantitative estimate of drug-likeness (QED) is 0.376. The molecule has 0 fully saturated rings. The largest absolute Gasteiger partial charge is 0.469 e. The predicted octanol–water partition coefficient (Wildman–Crippen LogP) is 2.75. The van der Waals surface area contributed by atoms with Gasteiger partial charge in [0.15, 0.2) is 0 Å². The molecule has 4 rings (SSSR count). The lowest BCUT2D eigenvalue weighted by atomic mass is 9.99. The third-order valence-electron chi connectivity index (χ3n) is 6.82. The summed E-state index contributed by atoms with van der Waals surface area (Å²) in [5, 5.41) is 16.7. The summed E-state index contributed by atoms with van der Waals surface area (Å²) in [5.74, 6) is -0.526. The molecule has 2 N–H and O–H groups in total. The van der Waals surface area contributed by atoms with Crippen LogP contribution in [0.4, 0.5) is 4.79 Å². The van der Waals surface area contributed by atoms with E-state index in [4.69, 9.17) is 9.47 Å². The highest BCUT2D eigenvalue weighted by Crippen LogP contribution is 2.35. The van der Waals surface area contributed by atoms with Gasteiger partial charge in [0.25, 0.3) is 0 Å². The highest BCUT2D eigenvalue weighted by atomic mass is 28.3. The Kier molecular flexibility index (Phi) is 7.38. The first-order valence-corrected chi connectivity index (χ1v) is 13.5. The topological polar surface area (TPSA) is 84.9 Å². The standard InChI is InChI=1S/C28H31NO5Si/c1-28(2)21-14-8-10-16-24(21)35(28)23-15-9-7-13-20(23)26(31)22(17-25(30)33-3)29-27(32)34-18-19-11-5-4-6-12-19/h4-16,22,26,31,35H,17-18H2,1-3H3,(H,29,32). The molecular formula is C28H31NO5Si. The molecule has 3 aromatic rings. The van der Waals surface area contributed by atoms with Crippen LogP contribution in [0.5, 0.6) is 0 Å². The van der Waals surface area contributed by atoms with E-state index in [0.717, 1.165) is 16.3 Å². The minimum atomic E-state index is -1.66. The number of nitrogens with one attached hydrogen (secondary N) is 1. The Morgan fingerprint density at radius 1 is 0.943 bits per heavy atom. The monoisotopic (exact) mass is 489 g/mol. The maximum Gasteiger partial charge on any atom is 0.407 e. The number of methoxy groups -OCH3 is 1. The van der Waals surface area contributed by atoms with Gasteiger partial charge < -0.3 is 19.9 Å². The Bertz CT molecular complexity index is 1200. The van der Waals surface area contributed by atoms with Crippen molar-refractivity contribution in [2.75, 3.05) is 7.11 Å². The maximum atomic E-state index is 12.6. The Morgan fingerprint density at radius 2 is 1.57 bits per heavy atom. The maximum absolute atomic E-state index is 12.6. The molecule has 0 aromatic heterocycles. The van der Waals surface area contributed by atoms with Crippen LogP contribution in [0.25, 0.3) is 0 Å². The molecule has 182 valence electrons. The normalized spacial score (nSPS) is 17.3. The summed E-state index contributed by atoms with van der Waals surface area (Å²) < 4.78 is 10.2. The smallest absolute Gasteiger partial charge is 0.407 e. The lowest BCUT2D eigenvalue weighted by molar-refractivity contribution is -0.141. The Labute approximate surface area is 207 Å². The Balaban J connectivity index is 1.58. The van der Waals surface area contributed by atoms with Crippen molar-refractivity contribution >= 4 is 31.2 Å². The summed E-state index contributed by atoms with van der Waals surface area (Å²) in [6, 6.07) is 24.7. The highest BCUT2D eigenvalue weighted by Gasteiger charge is 2.47. The number of aliphatic hydroxyl groups is 1. The number of hydrogen-bond donors (Lipinski definition) is 2. The first kappa shape index (κ1) is 24.7. The average Bonchev–Trinajstić information content (AvgIpc) is 2.87. The molecular weight excluding hydrogens is 458 g/mol. The van der Waals surface area contributed by atoms with Crippen LogP contribution in [0, 0.1) is 0 Å². The second kappa shape index (κ2) is 10.5. The molecule has 1 aliphatic heterocycles. The van der Waals surface area contributed by atoms with Crippen LogP contribution in [0.1, 0.15) is 43.1 Å². The number of aliphatic hydroxyl groups excluding tert-OH is 1. The molecule has 0 saturated carbocycles. The predicted molar refractivity (Wildman–Crippen MR) is 137 cm³/mol.